The highest BCUT2D eigenvalue weighted by Crippen LogP contribution is 2.52. The molecule has 4 heteroatoms. The van der Waals surface area contributed by atoms with Crippen LogP contribution in [0.5, 0.6) is 0 Å². The molecule has 1 unspecified atom stereocenters. The highest BCUT2D eigenvalue weighted by molar-refractivity contribution is 9.10. The highest BCUT2D eigenvalue weighted by atomic mass is 79.9. The van der Waals surface area contributed by atoms with Crippen LogP contribution < -0.4 is 0 Å². The van der Waals surface area contributed by atoms with E-state index in [1.807, 2.05) is 12.1 Å². The zero-order valence-electron chi connectivity index (χ0n) is 12.5. The molecule has 0 amide bonds. The van der Waals surface area contributed by atoms with Crippen LogP contribution in [-0.4, -0.2) is 5.11 Å². The summed E-state index contributed by atoms with van der Waals surface area (Å²) < 4.78 is 0.868. The van der Waals surface area contributed by atoms with Gasteiger partial charge in [-0.1, -0.05) is 46.9 Å². The minimum atomic E-state index is -1.24. The van der Waals surface area contributed by atoms with Gasteiger partial charge in [0.25, 0.3) is 0 Å². The van der Waals surface area contributed by atoms with E-state index in [1.54, 1.807) is 13.0 Å². The molecule has 21 heavy (non-hydrogen) atoms. The zero-order valence-corrected chi connectivity index (χ0v) is 14.8. The SMILES string of the molecule is CCC1CCC(C#N)(C(C)(O)c2ccc(Br)cc2Cl)CC1. The van der Waals surface area contributed by atoms with Crippen LogP contribution in [0.15, 0.2) is 22.7 Å². The molecule has 0 aliphatic heterocycles. The fourth-order valence-corrected chi connectivity index (χ4v) is 4.29. The molecule has 0 radical (unpaired) electrons. The van der Waals surface area contributed by atoms with Gasteiger partial charge in [0.15, 0.2) is 0 Å². The molecule has 2 nitrogen and oxygen atoms in total. The molecule has 0 spiro atoms. The number of nitriles is 1. The van der Waals surface area contributed by atoms with Crippen LogP contribution in [0.1, 0.15) is 51.5 Å². The lowest BCUT2D eigenvalue weighted by Gasteiger charge is -2.45. The van der Waals surface area contributed by atoms with Gasteiger partial charge in [-0.15, -0.1) is 0 Å². The largest absolute Gasteiger partial charge is 0.384 e. The summed E-state index contributed by atoms with van der Waals surface area (Å²) in [6, 6.07) is 7.87. The van der Waals surface area contributed by atoms with Gasteiger partial charge in [0, 0.05) is 15.1 Å². The molecule has 0 bridgehead atoms. The maximum absolute atomic E-state index is 11.2. The van der Waals surface area contributed by atoms with Gasteiger partial charge < -0.3 is 5.11 Å². The van der Waals surface area contributed by atoms with Gasteiger partial charge in [-0.05, 0) is 50.7 Å². The lowest BCUT2D eigenvalue weighted by molar-refractivity contribution is -0.0697. The van der Waals surface area contributed by atoms with Crippen LogP contribution in [-0.2, 0) is 5.60 Å². The summed E-state index contributed by atoms with van der Waals surface area (Å²) >= 11 is 9.68. The molecule has 1 atom stereocenters. The molecule has 1 N–H and O–H groups in total. The molecule has 0 aromatic heterocycles. The summed E-state index contributed by atoms with van der Waals surface area (Å²) in [6.07, 6.45) is 4.58. The first kappa shape index (κ1) is 16.8. The second-order valence-electron chi connectivity index (χ2n) is 6.24. The number of hydrogen-bond donors (Lipinski definition) is 1. The Morgan fingerprint density at radius 2 is 2.10 bits per heavy atom. The van der Waals surface area contributed by atoms with Crippen molar-refractivity contribution in [1.82, 2.24) is 0 Å². The first-order chi connectivity index (χ1) is 9.86. The normalized spacial score (nSPS) is 28.7. The van der Waals surface area contributed by atoms with E-state index in [0.717, 1.165) is 36.6 Å². The van der Waals surface area contributed by atoms with E-state index >= 15 is 0 Å². The zero-order chi connectivity index (χ0) is 15.7. The second kappa shape index (κ2) is 6.28. The lowest BCUT2D eigenvalue weighted by Crippen LogP contribution is -2.45. The first-order valence-corrected chi connectivity index (χ1v) is 8.62. The fourth-order valence-electron chi connectivity index (χ4n) is 3.43. The number of aliphatic hydroxyl groups is 1. The molecule has 1 aromatic carbocycles. The van der Waals surface area contributed by atoms with Crippen LogP contribution in [0.25, 0.3) is 0 Å². The Morgan fingerprint density at radius 1 is 1.48 bits per heavy atom. The van der Waals surface area contributed by atoms with Crippen LogP contribution in [0.4, 0.5) is 0 Å². The van der Waals surface area contributed by atoms with Crippen LogP contribution in [0, 0.1) is 22.7 Å². The van der Waals surface area contributed by atoms with Crippen molar-refractivity contribution < 1.29 is 5.11 Å². The molecule has 1 fully saturated rings. The fraction of sp³-hybridized carbons (Fsp3) is 0.588. The Morgan fingerprint density at radius 3 is 2.57 bits per heavy atom. The predicted molar refractivity (Wildman–Crippen MR) is 89.0 cm³/mol. The number of nitrogens with zero attached hydrogens (tertiary/aromatic N) is 1. The average molecular weight is 371 g/mol. The topological polar surface area (TPSA) is 44.0 Å². The van der Waals surface area contributed by atoms with Gasteiger partial charge in [-0.2, -0.15) is 5.26 Å². The lowest BCUT2D eigenvalue weighted by atomic mass is 9.60. The molecule has 0 heterocycles. The minimum absolute atomic E-state index is 0.501. The third-order valence-corrected chi connectivity index (χ3v) is 5.94. The third kappa shape index (κ3) is 2.99. The molecule has 1 aliphatic carbocycles. The van der Waals surface area contributed by atoms with Crippen molar-refractivity contribution in [2.24, 2.45) is 11.3 Å². The minimum Gasteiger partial charge on any atom is -0.384 e. The quantitative estimate of drug-likeness (QED) is 0.772. The summed E-state index contributed by atoms with van der Waals surface area (Å²) in [5, 5.41) is 21.5. The van der Waals surface area contributed by atoms with E-state index in [1.165, 1.54) is 0 Å². The molecule has 114 valence electrons. The van der Waals surface area contributed by atoms with E-state index in [9.17, 15) is 10.4 Å². The molecule has 0 saturated heterocycles. The van der Waals surface area contributed by atoms with Crippen molar-refractivity contribution in [3.63, 3.8) is 0 Å². The molecular formula is C17H21BrClNO. The number of halogens is 2. The third-order valence-electron chi connectivity index (χ3n) is 5.14. The Balaban J connectivity index is 2.38. The van der Waals surface area contributed by atoms with E-state index in [4.69, 9.17) is 11.6 Å². The van der Waals surface area contributed by atoms with Gasteiger partial charge in [-0.25, -0.2) is 0 Å². The number of hydrogen-bond acceptors (Lipinski definition) is 2. The molecule has 1 aromatic rings. The molecule has 1 saturated carbocycles. The summed E-state index contributed by atoms with van der Waals surface area (Å²) in [7, 11) is 0. The Bertz CT molecular complexity index is 556. The summed E-state index contributed by atoms with van der Waals surface area (Å²) in [4.78, 5) is 0. The monoisotopic (exact) mass is 369 g/mol. The van der Waals surface area contributed by atoms with Crippen LogP contribution >= 0.6 is 27.5 Å². The van der Waals surface area contributed by atoms with Crippen molar-refractivity contribution in [1.29, 1.82) is 5.26 Å². The molecule has 2 rings (SSSR count). The Labute approximate surface area is 140 Å². The van der Waals surface area contributed by atoms with E-state index < -0.39 is 11.0 Å². The van der Waals surface area contributed by atoms with Crippen molar-refractivity contribution in [2.75, 3.05) is 0 Å². The molecular weight excluding hydrogens is 350 g/mol. The maximum Gasteiger partial charge on any atom is 0.107 e. The Hall–Kier alpha value is -0.560. The van der Waals surface area contributed by atoms with Gasteiger partial charge in [0.2, 0.25) is 0 Å². The van der Waals surface area contributed by atoms with E-state index in [-0.39, 0.29) is 0 Å². The predicted octanol–water partition coefficient (Wildman–Crippen LogP) is 5.42. The first-order valence-electron chi connectivity index (χ1n) is 7.45. The second-order valence-corrected chi connectivity index (χ2v) is 7.56. The van der Waals surface area contributed by atoms with Crippen molar-refractivity contribution in [3.05, 3.63) is 33.3 Å². The van der Waals surface area contributed by atoms with Crippen molar-refractivity contribution >= 4 is 27.5 Å². The van der Waals surface area contributed by atoms with Gasteiger partial charge in [0.1, 0.15) is 5.60 Å². The molecule has 1 aliphatic rings. The van der Waals surface area contributed by atoms with E-state index in [0.29, 0.717) is 16.5 Å². The van der Waals surface area contributed by atoms with Gasteiger partial charge >= 0.3 is 0 Å². The summed E-state index contributed by atoms with van der Waals surface area (Å²) in [5.41, 5.74) is -1.35. The van der Waals surface area contributed by atoms with Gasteiger partial charge in [0.05, 0.1) is 11.5 Å². The number of rotatable bonds is 3. The summed E-state index contributed by atoms with van der Waals surface area (Å²) in [6.45, 7) is 3.92. The van der Waals surface area contributed by atoms with Crippen LogP contribution in [0.2, 0.25) is 5.02 Å². The maximum atomic E-state index is 11.2. The van der Waals surface area contributed by atoms with Crippen molar-refractivity contribution in [2.45, 2.75) is 51.6 Å². The number of benzene rings is 1. The summed E-state index contributed by atoms with van der Waals surface area (Å²) in [5.74, 6) is 0.669. The van der Waals surface area contributed by atoms with Crippen molar-refractivity contribution in [3.8, 4) is 6.07 Å². The smallest absolute Gasteiger partial charge is 0.107 e. The Kier molecular flexibility index (Phi) is 5.03. The average Bonchev–Trinajstić information content (AvgIpc) is 2.46. The van der Waals surface area contributed by atoms with Crippen LogP contribution in [0.3, 0.4) is 0 Å². The highest BCUT2D eigenvalue weighted by Gasteiger charge is 2.51. The van der Waals surface area contributed by atoms with E-state index in [2.05, 4.69) is 28.9 Å². The van der Waals surface area contributed by atoms with Gasteiger partial charge in [-0.3, -0.25) is 0 Å². The standard InChI is InChI=1S/C17H21BrClNO/c1-3-12-6-8-17(11-20,9-7-12)16(2,21)14-5-4-13(18)10-15(14)19/h4-5,10,12,21H,3,6-9H2,1-2H3.